The number of rotatable bonds is 7. The lowest BCUT2D eigenvalue weighted by molar-refractivity contribution is -0.121. The van der Waals surface area contributed by atoms with E-state index in [0.717, 1.165) is 6.20 Å². The van der Waals surface area contributed by atoms with Crippen LogP contribution < -0.4 is 10.6 Å². The molecule has 0 bridgehead atoms. The van der Waals surface area contributed by atoms with Gasteiger partial charge in [-0.3, -0.25) is 19.6 Å². The van der Waals surface area contributed by atoms with Crippen molar-refractivity contribution in [2.24, 2.45) is 0 Å². The Kier molecular flexibility index (Phi) is 6.01. The minimum Gasteiger partial charge on any atom is -0.467 e. The van der Waals surface area contributed by atoms with Gasteiger partial charge in [0.25, 0.3) is 0 Å². The number of urea groups is 1. The van der Waals surface area contributed by atoms with Gasteiger partial charge < -0.3 is 9.73 Å². The van der Waals surface area contributed by atoms with Crippen LogP contribution in [0.3, 0.4) is 0 Å². The van der Waals surface area contributed by atoms with Crippen LogP contribution in [0.4, 0.5) is 13.6 Å². The van der Waals surface area contributed by atoms with Gasteiger partial charge in [0.15, 0.2) is 0 Å². The van der Waals surface area contributed by atoms with Gasteiger partial charge in [0.05, 0.1) is 25.9 Å². The van der Waals surface area contributed by atoms with E-state index in [0.29, 0.717) is 10.3 Å². The van der Waals surface area contributed by atoms with Crippen molar-refractivity contribution in [3.63, 3.8) is 0 Å². The molecule has 0 aliphatic carbocycles. The summed E-state index contributed by atoms with van der Waals surface area (Å²) < 4.78 is 31.2. The Hall–Kier alpha value is -2.75. The van der Waals surface area contributed by atoms with Crippen molar-refractivity contribution in [3.05, 3.63) is 42.4 Å². The number of hydrogen-bond acceptors (Lipinski definition) is 5. The zero-order valence-electron chi connectivity index (χ0n) is 12.9. The van der Waals surface area contributed by atoms with E-state index in [9.17, 15) is 18.4 Å². The highest BCUT2D eigenvalue weighted by Crippen LogP contribution is 2.13. The van der Waals surface area contributed by atoms with Crippen LogP contribution in [-0.4, -0.2) is 40.0 Å². The van der Waals surface area contributed by atoms with Crippen molar-refractivity contribution in [1.29, 1.82) is 0 Å². The molecule has 0 radical (unpaired) electrons. The van der Waals surface area contributed by atoms with Crippen molar-refractivity contribution in [2.75, 3.05) is 13.6 Å². The molecule has 2 N–H and O–H groups in total. The molecule has 3 amide bonds. The molecular weight excluding hydrogens is 324 g/mol. The number of nitrogens with one attached hydrogen (secondary N) is 2. The molecule has 10 heteroatoms. The number of carbonyl (C=O) groups is 2. The Labute approximate surface area is 136 Å². The molecule has 8 nitrogen and oxygen atoms in total. The van der Waals surface area contributed by atoms with E-state index in [1.165, 1.54) is 17.4 Å². The summed E-state index contributed by atoms with van der Waals surface area (Å²) in [5.41, 5.74) is 0. The molecule has 0 spiro atoms. The van der Waals surface area contributed by atoms with Gasteiger partial charge in [-0.05, 0) is 19.2 Å². The number of imidazole rings is 1. The maximum atomic E-state index is 12.7. The third kappa shape index (κ3) is 5.16. The Balaban J connectivity index is 1.74. The highest BCUT2D eigenvalue weighted by Gasteiger charge is 2.15. The van der Waals surface area contributed by atoms with Crippen LogP contribution in [0.2, 0.25) is 0 Å². The first kappa shape index (κ1) is 17.6. The normalized spacial score (nSPS) is 11.0. The first-order valence-electron chi connectivity index (χ1n) is 7.04. The SMILES string of the molecule is CN(CC(=O)NC(=O)NCc1ccco1)Cc1nccn1C(F)F. The Morgan fingerprint density at radius 2 is 2.25 bits per heavy atom. The number of carbonyl (C=O) groups excluding carboxylic acids is 2. The van der Waals surface area contributed by atoms with E-state index in [1.807, 2.05) is 0 Å². The predicted octanol–water partition coefficient (Wildman–Crippen LogP) is 1.33. The van der Waals surface area contributed by atoms with Crippen molar-refractivity contribution in [2.45, 2.75) is 19.6 Å². The number of aromatic nitrogens is 2. The zero-order valence-corrected chi connectivity index (χ0v) is 12.9. The van der Waals surface area contributed by atoms with E-state index in [2.05, 4.69) is 15.6 Å². The van der Waals surface area contributed by atoms with Crippen LogP contribution in [0.5, 0.6) is 0 Å². The molecule has 130 valence electrons. The number of halogens is 2. The monoisotopic (exact) mass is 341 g/mol. The Bertz CT molecular complexity index is 672. The molecule has 2 aromatic rings. The molecule has 24 heavy (non-hydrogen) atoms. The lowest BCUT2D eigenvalue weighted by Gasteiger charge is -2.16. The molecule has 0 aliphatic heterocycles. The molecular formula is C14H17F2N5O3. The second-order valence-corrected chi connectivity index (χ2v) is 5.01. The van der Waals surface area contributed by atoms with Gasteiger partial charge >= 0.3 is 12.6 Å². The topological polar surface area (TPSA) is 92.4 Å². The second-order valence-electron chi connectivity index (χ2n) is 5.01. The molecule has 0 fully saturated rings. The summed E-state index contributed by atoms with van der Waals surface area (Å²) in [5, 5.41) is 4.60. The summed E-state index contributed by atoms with van der Waals surface area (Å²) in [7, 11) is 1.56. The summed E-state index contributed by atoms with van der Waals surface area (Å²) in [6.07, 6.45) is 3.89. The van der Waals surface area contributed by atoms with Crippen LogP contribution in [-0.2, 0) is 17.9 Å². The average Bonchev–Trinajstić information content (AvgIpc) is 3.15. The zero-order chi connectivity index (χ0) is 17.5. The Morgan fingerprint density at radius 3 is 2.92 bits per heavy atom. The lowest BCUT2D eigenvalue weighted by Crippen LogP contribution is -2.43. The van der Waals surface area contributed by atoms with Crippen molar-refractivity contribution in [1.82, 2.24) is 25.1 Å². The van der Waals surface area contributed by atoms with Crippen molar-refractivity contribution >= 4 is 11.9 Å². The number of furan rings is 1. The van der Waals surface area contributed by atoms with Crippen LogP contribution in [0.25, 0.3) is 0 Å². The molecule has 0 aromatic carbocycles. The van der Waals surface area contributed by atoms with E-state index >= 15 is 0 Å². The van der Waals surface area contributed by atoms with Crippen LogP contribution in [0.1, 0.15) is 18.1 Å². The fourth-order valence-corrected chi connectivity index (χ4v) is 1.98. The average molecular weight is 341 g/mol. The lowest BCUT2D eigenvalue weighted by atomic mass is 10.4. The first-order chi connectivity index (χ1) is 11.5. The van der Waals surface area contributed by atoms with Gasteiger partial charge in [-0.2, -0.15) is 8.78 Å². The number of hydrogen-bond donors (Lipinski definition) is 2. The maximum Gasteiger partial charge on any atom is 0.321 e. The number of imide groups is 1. The van der Waals surface area contributed by atoms with Crippen LogP contribution >= 0.6 is 0 Å². The van der Waals surface area contributed by atoms with Crippen molar-refractivity contribution in [3.8, 4) is 0 Å². The van der Waals surface area contributed by atoms with E-state index in [-0.39, 0.29) is 25.5 Å². The van der Waals surface area contributed by atoms with E-state index < -0.39 is 18.5 Å². The predicted molar refractivity (Wildman–Crippen MR) is 78.9 cm³/mol. The fourth-order valence-electron chi connectivity index (χ4n) is 1.98. The summed E-state index contributed by atoms with van der Waals surface area (Å²) in [6.45, 7) is -2.66. The maximum absolute atomic E-state index is 12.7. The second kappa shape index (κ2) is 8.20. The molecule has 0 saturated heterocycles. The summed E-state index contributed by atoms with van der Waals surface area (Å²) in [6, 6.07) is 2.69. The smallest absolute Gasteiger partial charge is 0.321 e. The third-order valence-corrected chi connectivity index (χ3v) is 3.04. The van der Waals surface area contributed by atoms with Gasteiger partial charge in [-0.1, -0.05) is 0 Å². The third-order valence-electron chi connectivity index (χ3n) is 3.04. The molecule has 0 unspecified atom stereocenters. The van der Waals surface area contributed by atoms with Gasteiger partial charge in [0.1, 0.15) is 11.6 Å². The van der Waals surface area contributed by atoms with E-state index in [4.69, 9.17) is 4.42 Å². The molecule has 2 aromatic heterocycles. The number of amides is 3. The van der Waals surface area contributed by atoms with Gasteiger partial charge in [0, 0.05) is 12.4 Å². The highest BCUT2D eigenvalue weighted by atomic mass is 19.3. The van der Waals surface area contributed by atoms with Gasteiger partial charge in [0.2, 0.25) is 5.91 Å². The fraction of sp³-hybridized carbons (Fsp3) is 0.357. The number of nitrogens with zero attached hydrogens (tertiary/aromatic N) is 3. The summed E-state index contributed by atoms with van der Waals surface area (Å²) >= 11 is 0. The minimum atomic E-state index is -2.70. The van der Waals surface area contributed by atoms with Crippen LogP contribution in [0, 0.1) is 0 Å². The van der Waals surface area contributed by atoms with Gasteiger partial charge in [-0.25, -0.2) is 9.78 Å². The van der Waals surface area contributed by atoms with Crippen LogP contribution in [0.15, 0.2) is 35.2 Å². The molecule has 0 aliphatic rings. The summed E-state index contributed by atoms with van der Waals surface area (Å²) in [4.78, 5) is 28.6. The quantitative estimate of drug-likeness (QED) is 0.793. The standard InChI is InChI=1S/C14H17F2N5O3/c1-20(8-11-17-4-5-21(11)13(15)16)9-12(22)19-14(23)18-7-10-3-2-6-24-10/h2-6,13H,7-9H2,1H3,(H2,18,19,22,23). The number of likely N-dealkylation sites (N-methyl/N-ethyl adjacent to an activating group) is 1. The number of alkyl halides is 2. The summed E-state index contributed by atoms with van der Waals surface area (Å²) in [5.74, 6) is 0.112. The molecule has 2 rings (SSSR count). The first-order valence-corrected chi connectivity index (χ1v) is 7.04. The molecule has 2 heterocycles. The van der Waals surface area contributed by atoms with E-state index in [1.54, 1.807) is 19.2 Å². The minimum absolute atomic E-state index is 0.0405. The highest BCUT2D eigenvalue weighted by molar-refractivity contribution is 5.95. The van der Waals surface area contributed by atoms with Gasteiger partial charge in [-0.15, -0.1) is 0 Å². The van der Waals surface area contributed by atoms with Crippen molar-refractivity contribution < 1.29 is 22.8 Å². The molecule has 0 atom stereocenters. The largest absolute Gasteiger partial charge is 0.467 e. The molecule has 0 saturated carbocycles. The Morgan fingerprint density at radius 1 is 1.46 bits per heavy atom.